The first-order chi connectivity index (χ1) is 5.38. The highest BCUT2D eigenvalue weighted by Crippen LogP contribution is 2.23. The third-order valence-corrected chi connectivity index (χ3v) is 1.93. The lowest BCUT2D eigenvalue weighted by Gasteiger charge is -2.10. The van der Waals surface area contributed by atoms with Gasteiger partial charge in [0.05, 0.1) is 6.54 Å². The largest absolute Gasteiger partial charge is 0.508 e. The van der Waals surface area contributed by atoms with Gasteiger partial charge in [0.2, 0.25) is 0 Å². The Kier molecular flexibility index (Phi) is 1.39. The lowest BCUT2D eigenvalue weighted by Crippen LogP contribution is -2.00. The summed E-state index contributed by atoms with van der Waals surface area (Å²) in [5.41, 5.74) is 2.18. The first kappa shape index (κ1) is 6.40. The second-order valence-electron chi connectivity index (χ2n) is 2.64. The van der Waals surface area contributed by atoms with Crippen LogP contribution in [0.4, 0.5) is 0 Å². The number of rotatable bonds is 0. The Morgan fingerprint density at radius 3 is 3.09 bits per heavy atom. The summed E-state index contributed by atoms with van der Waals surface area (Å²) < 4.78 is 0. The molecule has 1 heterocycles. The third kappa shape index (κ3) is 1.00. The zero-order valence-corrected chi connectivity index (χ0v) is 6.12. The van der Waals surface area contributed by atoms with Crippen LogP contribution in [-0.2, 0) is 13.0 Å². The standard InChI is InChI=1S/C9H9NO/c11-9-3-1-2-7-6-10-5-4-8(7)9/h1-3,5,11H,4,6H2. The fourth-order valence-corrected chi connectivity index (χ4v) is 1.32. The molecule has 2 heteroatoms. The first-order valence-electron chi connectivity index (χ1n) is 3.66. The zero-order chi connectivity index (χ0) is 7.68. The Balaban J connectivity index is 2.54. The van der Waals surface area contributed by atoms with Crippen molar-refractivity contribution in [3.05, 3.63) is 29.3 Å². The molecule has 0 fully saturated rings. The van der Waals surface area contributed by atoms with Crippen LogP contribution >= 0.6 is 0 Å². The molecular formula is C9H9NO. The van der Waals surface area contributed by atoms with Crippen molar-refractivity contribution in [2.75, 3.05) is 0 Å². The highest BCUT2D eigenvalue weighted by Gasteiger charge is 2.08. The highest BCUT2D eigenvalue weighted by molar-refractivity contribution is 5.66. The van der Waals surface area contributed by atoms with Crippen LogP contribution in [0.5, 0.6) is 5.75 Å². The summed E-state index contributed by atoms with van der Waals surface area (Å²) in [5, 5.41) is 9.39. The van der Waals surface area contributed by atoms with Gasteiger partial charge in [-0.15, -0.1) is 0 Å². The van der Waals surface area contributed by atoms with Crippen LogP contribution in [0.1, 0.15) is 11.1 Å². The van der Waals surface area contributed by atoms with Gasteiger partial charge in [-0.25, -0.2) is 0 Å². The number of fused-ring (bicyclic) bond motifs is 1. The molecule has 1 aromatic rings. The molecule has 1 aliphatic heterocycles. The van der Waals surface area contributed by atoms with E-state index in [-0.39, 0.29) is 0 Å². The van der Waals surface area contributed by atoms with E-state index in [1.807, 2.05) is 18.3 Å². The fourth-order valence-electron chi connectivity index (χ4n) is 1.32. The molecule has 11 heavy (non-hydrogen) atoms. The number of hydrogen-bond donors (Lipinski definition) is 1. The van der Waals surface area contributed by atoms with E-state index < -0.39 is 0 Å². The van der Waals surface area contributed by atoms with Gasteiger partial charge in [0.25, 0.3) is 0 Å². The SMILES string of the molecule is Oc1cccc2c1CC=NC2. The van der Waals surface area contributed by atoms with Crippen molar-refractivity contribution in [2.24, 2.45) is 4.99 Å². The van der Waals surface area contributed by atoms with E-state index in [0.717, 1.165) is 17.5 Å². The Morgan fingerprint density at radius 1 is 1.36 bits per heavy atom. The summed E-state index contributed by atoms with van der Waals surface area (Å²) in [7, 11) is 0. The van der Waals surface area contributed by atoms with Crippen LogP contribution in [0, 0.1) is 0 Å². The first-order valence-corrected chi connectivity index (χ1v) is 3.66. The second kappa shape index (κ2) is 2.38. The predicted octanol–water partition coefficient (Wildman–Crippen LogP) is 1.52. The van der Waals surface area contributed by atoms with E-state index in [1.54, 1.807) is 6.07 Å². The molecule has 0 saturated carbocycles. The van der Waals surface area contributed by atoms with E-state index in [2.05, 4.69) is 4.99 Å². The molecular weight excluding hydrogens is 138 g/mol. The van der Waals surface area contributed by atoms with Gasteiger partial charge in [-0.05, 0) is 11.6 Å². The summed E-state index contributed by atoms with van der Waals surface area (Å²) in [6.07, 6.45) is 2.62. The average molecular weight is 147 g/mol. The smallest absolute Gasteiger partial charge is 0.119 e. The molecule has 0 amide bonds. The van der Waals surface area contributed by atoms with Crippen LogP contribution in [0.25, 0.3) is 0 Å². The average Bonchev–Trinajstić information content (AvgIpc) is 2.06. The number of benzene rings is 1. The lowest BCUT2D eigenvalue weighted by molar-refractivity contribution is 0.469. The van der Waals surface area contributed by atoms with Crippen LogP contribution in [-0.4, -0.2) is 11.3 Å². The lowest BCUT2D eigenvalue weighted by atomic mass is 10.0. The molecule has 1 aliphatic rings. The van der Waals surface area contributed by atoms with Crippen molar-refractivity contribution in [1.82, 2.24) is 0 Å². The van der Waals surface area contributed by atoms with Crippen LogP contribution in [0.3, 0.4) is 0 Å². The number of aliphatic imine (C=N–C) groups is 1. The van der Waals surface area contributed by atoms with E-state index in [9.17, 15) is 5.11 Å². The van der Waals surface area contributed by atoms with Gasteiger partial charge in [-0.1, -0.05) is 12.1 Å². The van der Waals surface area contributed by atoms with Crippen molar-refractivity contribution in [3.8, 4) is 5.75 Å². The van der Waals surface area contributed by atoms with Crippen LogP contribution in [0.15, 0.2) is 23.2 Å². The maximum absolute atomic E-state index is 9.39. The fraction of sp³-hybridized carbons (Fsp3) is 0.222. The minimum absolute atomic E-state index is 0.397. The summed E-state index contributed by atoms with van der Waals surface area (Å²) >= 11 is 0. The second-order valence-corrected chi connectivity index (χ2v) is 2.64. The van der Waals surface area contributed by atoms with E-state index in [4.69, 9.17) is 0 Å². The van der Waals surface area contributed by atoms with E-state index >= 15 is 0 Å². The normalized spacial score (nSPS) is 14.5. The molecule has 2 rings (SSSR count). The topological polar surface area (TPSA) is 32.6 Å². The van der Waals surface area contributed by atoms with E-state index in [0.29, 0.717) is 12.3 Å². The Bertz CT molecular complexity index is 304. The predicted molar refractivity (Wildman–Crippen MR) is 44.0 cm³/mol. The minimum Gasteiger partial charge on any atom is -0.508 e. The number of phenolic OH excluding ortho intramolecular Hbond substituents is 1. The van der Waals surface area contributed by atoms with Gasteiger partial charge in [-0.3, -0.25) is 4.99 Å². The summed E-state index contributed by atoms with van der Waals surface area (Å²) in [6.45, 7) is 0.712. The molecule has 0 spiro atoms. The quantitative estimate of drug-likeness (QED) is 0.592. The molecule has 0 radical (unpaired) electrons. The van der Waals surface area contributed by atoms with Crippen molar-refractivity contribution in [1.29, 1.82) is 0 Å². The minimum atomic E-state index is 0.397. The Morgan fingerprint density at radius 2 is 2.27 bits per heavy atom. The summed E-state index contributed by atoms with van der Waals surface area (Å²) in [6, 6.07) is 5.58. The number of hydrogen-bond acceptors (Lipinski definition) is 2. The molecule has 0 atom stereocenters. The molecule has 0 aliphatic carbocycles. The third-order valence-electron chi connectivity index (χ3n) is 1.93. The highest BCUT2D eigenvalue weighted by atomic mass is 16.3. The molecule has 56 valence electrons. The summed E-state index contributed by atoms with van der Waals surface area (Å²) in [5.74, 6) is 0.397. The molecule has 2 nitrogen and oxygen atoms in total. The zero-order valence-electron chi connectivity index (χ0n) is 6.12. The van der Waals surface area contributed by atoms with Crippen molar-refractivity contribution >= 4 is 6.21 Å². The van der Waals surface area contributed by atoms with Gasteiger partial charge in [0.1, 0.15) is 5.75 Å². The number of phenols is 1. The maximum Gasteiger partial charge on any atom is 0.119 e. The van der Waals surface area contributed by atoms with Gasteiger partial charge in [0, 0.05) is 18.2 Å². The van der Waals surface area contributed by atoms with Crippen molar-refractivity contribution in [2.45, 2.75) is 13.0 Å². The van der Waals surface area contributed by atoms with Crippen LogP contribution in [0.2, 0.25) is 0 Å². The van der Waals surface area contributed by atoms with Crippen molar-refractivity contribution in [3.63, 3.8) is 0 Å². The molecule has 1 N–H and O–H groups in total. The molecule has 1 aromatic carbocycles. The number of nitrogens with zero attached hydrogens (tertiary/aromatic N) is 1. The van der Waals surface area contributed by atoms with E-state index in [1.165, 1.54) is 0 Å². The van der Waals surface area contributed by atoms with Crippen molar-refractivity contribution < 1.29 is 5.11 Å². The molecule has 0 bridgehead atoms. The molecule has 0 unspecified atom stereocenters. The summed E-state index contributed by atoms with van der Waals surface area (Å²) in [4.78, 5) is 4.12. The van der Waals surface area contributed by atoms with Crippen LogP contribution < -0.4 is 0 Å². The Hall–Kier alpha value is -1.31. The van der Waals surface area contributed by atoms with Gasteiger partial charge < -0.3 is 5.11 Å². The maximum atomic E-state index is 9.39. The van der Waals surface area contributed by atoms with Gasteiger partial charge >= 0.3 is 0 Å². The monoisotopic (exact) mass is 147 g/mol. The Labute approximate surface area is 65.2 Å². The van der Waals surface area contributed by atoms with Gasteiger partial charge in [-0.2, -0.15) is 0 Å². The molecule has 0 aromatic heterocycles. The van der Waals surface area contributed by atoms with Gasteiger partial charge in [0.15, 0.2) is 0 Å². The molecule has 0 saturated heterocycles. The number of aromatic hydroxyl groups is 1.